The smallest absolute Gasteiger partial charge is 0.0701 e. The van der Waals surface area contributed by atoms with Crippen molar-refractivity contribution in [1.29, 1.82) is 0 Å². The van der Waals surface area contributed by atoms with Gasteiger partial charge in [0.15, 0.2) is 0 Å². The zero-order chi connectivity index (χ0) is 6.81. The van der Waals surface area contributed by atoms with E-state index in [1.165, 1.54) is 19.3 Å². The minimum atomic E-state index is 0.991. The summed E-state index contributed by atoms with van der Waals surface area (Å²) in [5.41, 5.74) is 0. The predicted molar refractivity (Wildman–Crippen MR) is 40.8 cm³/mol. The number of hydrogen-bond acceptors (Lipinski definition) is 1. The Morgan fingerprint density at radius 3 is 1.60 bits per heavy atom. The van der Waals surface area contributed by atoms with Gasteiger partial charge in [0.1, 0.15) is 0 Å². The van der Waals surface area contributed by atoms with Crippen LogP contribution in [0.3, 0.4) is 0 Å². The molecule has 1 saturated heterocycles. The van der Waals surface area contributed by atoms with E-state index in [9.17, 15) is 0 Å². The normalized spacial score (nSPS) is 39.2. The van der Waals surface area contributed by atoms with Crippen molar-refractivity contribution in [2.24, 2.45) is 11.8 Å². The van der Waals surface area contributed by atoms with E-state index in [0.29, 0.717) is 0 Å². The molecular weight excluding hydrogens is 124 g/mol. The first-order valence-corrected chi connectivity index (χ1v) is 4.21. The molecule has 1 heterocycles. The van der Waals surface area contributed by atoms with Gasteiger partial charge in [-0.1, -0.05) is 12.2 Å². The van der Waals surface area contributed by atoms with E-state index in [1.807, 2.05) is 0 Å². The van der Waals surface area contributed by atoms with E-state index in [2.05, 4.69) is 16.9 Å². The van der Waals surface area contributed by atoms with E-state index >= 15 is 0 Å². The highest BCUT2D eigenvalue weighted by atomic mass is 16.6. The van der Waals surface area contributed by atoms with Crippen LogP contribution in [-0.2, 0) is 4.74 Å². The largest absolute Gasteiger partial charge is 0.377 e. The Hall–Kier alpha value is -0.300. The Bertz CT molecular complexity index is 123. The number of rotatable bonds is 0. The molecule has 2 unspecified atom stereocenters. The van der Waals surface area contributed by atoms with E-state index < -0.39 is 0 Å². The fourth-order valence-electron chi connectivity index (χ4n) is 1.72. The van der Waals surface area contributed by atoms with Crippen LogP contribution >= 0.6 is 0 Å². The molecule has 0 aromatic heterocycles. The standard InChI is InChI=1S/C7H10.C2H4O/c1-2-7-4-3-6(1)5-7;1-2-3-1/h1-2,6-7H,3-5H2;1-2H2. The van der Waals surface area contributed by atoms with Crippen LogP contribution in [0.5, 0.6) is 0 Å². The third-order valence-electron chi connectivity index (χ3n) is 2.37. The van der Waals surface area contributed by atoms with Gasteiger partial charge in [0.2, 0.25) is 0 Å². The van der Waals surface area contributed by atoms with Crippen LogP contribution in [0.4, 0.5) is 0 Å². The third-order valence-corrected chi connectivity index (χ3v) is 2.37. The summed E-state index contributed by atoms with van der Waals surface area (Å²) >= 11 is 0. The van der Waals surface area contributed by atoms with Gasteiger partial charge >= 0.3 is 0 Å². The second-order valence-corrected chi connectivity index (χ2v) is 3.33. The van der Waals surface area contributed by atoms with E-state index in [-0.39, 0.29) is 0 Å². The molecule has 0 N–H and O–H groups in total. The molecule has 56 valence electrons. The highest BCUT2D eigenvalue weighted by Crippen LogP contribution is 2.38. The molecule has 2 aliphatic carbocycles. The van der Waals surface area contributed by atoms with Crippen LogP contribution in [0.2, 0.25) is 0 Å². The summed E-state index contributed by atoms with van der Waals surface area (Å²) in [4.78, 5) is 0. The van der Waals surface area contributed by atoms with E-state index in [1.54, 1.807) is 0 Å². The van der Waals surface area contributed by atoms with Gasteiger partial charge in [-0.05, 0) is 31.1 Å². The van der Waals surface area contributed by atoms with Gasteiger partial charge in [0.05, 0.1) is 13.2 Å². The zero-order valence-corrected chi connectivity index (χ0v) is 6.25. The van der Waals surface area contributed by atoms with Crippen LogP contribution in [0, 0.1) is 11.8 Å². The monoisotopic (exact) mass is 138 g/mol. The first-order chi connectivity index (χ1) is 4.95. The molecule has 0 spiro atoms. The molecule has 10 heavy (non-hydrogen) atoms. The lowest BCUT2D eigenvalue weighted by Crippen LogP contribution is -1.82. The summed E-state index contributed by atoms with van der Waals surface area (Å²) in [6.07, 6.45) is 9.19. The van der Waals surface area contributed by atoms with Crippen molar-refractivity contribution in [3.05, 3.63) is 12.2 Å². The fraction of sp³-hybridized carbons (Fsp3) is 0.778. The Labute approximate surface area is 62.1 Å². The molecule has 0 aromatic carbocycles. The van der Waals surface area contributed by atoms with Gasteiger partial charge in [-0.2, -0.15) is 0 Å². The number of hydrogen-bond donors (Lipinski definition) is 0. The second kappa shape index (κ2) is 2.75. The van der Waals surface area contributed by atoms with Crippen molar-refractivity contribution in [2.75, 3.05) is 13.2 Å². The lowest BCUT2D eigenvalue weighted by Gasteiger charge is -1.96. The van der Waals surface area contributed by atoms with Crippen molar-refractivity contribution in [2.45, 2.75) is 19.3 Å². The minimum absolute atomic E-state index is 0.991. The maximum atomic E-state index is 4.50. The Kier molecular flexibility index (Phi) is 1.76. The molecule has 1 nitrogen and oxygen atoms in total. The maximum Gasteiger partial charge on any atom is 0.0701 e. The number of fused-ring (bicyclic) bond motifs is 2. The average molecular weight is 138 g/mol. The van der Waals surface area contributed by atoms with Gasteiger partial charge in [-0.25, -0.2) is 0 Å². The first kappa shape index (κ1) is 6.41. The molecule has 0 aromatic rings. The van der Waals surface area contributed by atoms with Crippen molar-refractivity contribution in [3.8, 4) is 0 Å². The summed E-state index contributed by atoms with van der Waals surface area (Å²) < 4.78 is 4.50. The molecule has 1 heteroatoms. The fourth-order valence-corrected chi connectivity index (χ4v) is 1.72. The van der Waals surface area contributed by atoms with Crippen molar-refractivity contribution < 1.29 is 4.74 Å². The Balaban J connectivity index is 0.000000113. The lowest BCUT2D eigenvalue weighted by atomic mass is 10.1. The second-order valence-electron chi connectivity index (χ2n) is 3.33. The SMILES string of the molecule is C1=CC2CCC1C2.C1CO1. The molecule has 3 aliphatic rings. The number of ether oxygens (including phenoxy) is 1. The van der Waals surface area contributed by atoms with Crippen LogP contribution in [0.25, 0.3) is 0 Å². The number of allylic oxidation sites excluding steroid dienone is 2. The summed E-state index contributed by atoms with van der Waals surface area (Å²) in [5, 5.41) is 0. The topological polar surface area (TPSA) is 12.5 Å². The highest BCUT2D eigenvalue weighted by Gasteiger charge is 2.25. The third kappa shape index (κ3) is 1.60. The van der Waals surface area contributed by atoms with Gasteiger partial charge in [-0.15, -0.1) is 0 Å². The maximum absolute atomic E-state index is 4.50. The molecule has 0 amide bonds. The van der Waals surface area contributed by atoms with Crippen molar-refractivity contribution >= 4 is 0 Å². The summed E-state index contributed by atoms with van der Waals surface area (Å²) in [5.74, 6) is 1.98. The van der Waals surface area contributed by atoms with Crippen LogP contribution in [0.15, 0.2) is 12.2 Å². The molecular formula is C9H14O. The van der Waals surface area contributed by atoms with Crippen molar-refractivity contribution in [1.82, 2.24) is 0 Å². The molecule has 2 fully saturated rings. The molecule has 1 saturated carbocycles. The van der Waals surface area contributed by atoms with Crippen molar-refractivity contribution in [3.63, 3.8) is 0 Å². The van der Waals surface area contributed by atoms with Crippen LogP contribution in [0.1, 0.15) is 19.3 Å². The van der Waals surface area contributed by atoms with E-state index in [4.69, 9.17) is 0 Å². The Morgan fingerprint density at radius 1 is 1.00 bits per heavy atom. The number of epoxide rings is 1. The van der Waals surface area contributed by atoms with Gasteiger partial charge in [-0.3, -0.25) is 0 Å². The minimum Gasteiger partial charge on any atom is -0.377 e. The quantitative estimate of drug-likeness (QED) is 0.368. The molecule has 0 radical (unpaired) electrons. The van der Waals surface area contributed by atoms with E-state index in [0.717, 1.165) is 25.0 Å². The predicted octanol–water partition coefficient (Wildman–Crippen LogP) is 1.99. The van der Waals surface area contributed by atoms with Crippen LogP contribution < -0.4 is 0 Å². The summed E-state index contributed by atoms with van der Waals surface area (Å²) in [6, 6.07) is 0. The van der Waals surface area contributed by atoms with Gasteiger partial charge < -0.3 is 4.74 Å². The zero-order valence-electron chi connectivity index (χ0n) is 6.25. The van der Waals surface area contributed by atoms with Crippen LogP contribution in [-0.4, -0.2) is 13.2 Å². The first-order valence-electron chi connectivity index (χ1n) is 4.21. The molecule has 2 bridgehead atoms. The Morgan fingerprint density at radius 2 is 1.50 bits per heavy atom. The lowest BCUT2D eigenvalue weighted by molar-refractivity contribution is 0.475. The van der Waals surface area contributed by atoms with Gasteiger partial charge in [0.25, 0.3) is 0 Å². The summed E-state index contributed by atoms with van der Waals surface area (Å²) in [6.45, 7) is 2.00. The van der Waals surface area contributed by atoms with Gasteiger partial charge in [0, 0.05) is 0 Å². The molecule has 3 rings (SSSR count). The summed E-state index contributed by atoms with van der Waals surface area (Å²) in [7, 11) is 0. The average Bonchev–Trinajstić information content (AvgIpc) is 2.71. The molecule has 2 atom stereocenters. The molecule has 1 aliphatic heterocycles. The highest BCUT2D eigenvalue weighted by molar-refractivity contribution is 5.06.